The van der Waals surface area contributed by atoms with Gasteiger partial charge in [0.25, 0.3) is 0 Å². The Hall–Kier alpha value is -5.11. The van der Waals surface area contributed by atoms with Crippen LogP contribution >= 0.6 is 0 Å². The Labute approximate surface area is 320 Å². The summed E-state index contributed by atoms with van der Waals surface area (Å²) in [5.74, 6) is -3.03. The van der Waals surface area contributed by atoms with Crippen molar-refractivity contribution in [2.45, 2.75) is 89.5 Å². The number of carbonyl (C=O) groups is 5. The minimum absolute atomic E-state index is 0.0700. The summed E-state index contributed by atoms with van der Waals surface area (Å²) in [5, 5.41) is 3.50. The van der Waals surface area contributed by atoms with Crippen LogP contribution in [0.3, 0.4) is 0 Å². The molecule has 0 bridgehead atoms. The molecule has 1 aliphatic heterocycles. The fourth-order valence-electron chi connectivity index (χ4n) is 7.05. The van der Waals surface area contributed by atoms with Crippen molar-refractivity contribution in [3.8, 4) is 16.9 Å². The number of ether oxygens (including phenoxy) is 7. The molecule has 1 aliphatic carbocycles. The molecular formula is C42H49NO12. The van der Waals surface area contributed by atoms with E-state index < -0.39 is 54.6 Å². The van der Waals surface area contributed by atoms with Crippen molar-refractivity contribution in [3.63, 3.8) is 0 Å². The van der Waals surface area contributed by atoms with Gasteiger partial charge < -0.3 is 38.5 Å². The molecule has 0 unspecified atom stereocenters. The van der Waals surface area contributed by atoms with E-state index in [4.69, 9.17) is 33.2 Å². The van der Waals surface area contributed by atoms with Gasteiger partial charge in [0, 0.05) is 33.3 Å². The zero-order valence-corrected chi connectivity index (χ0v) is 31.7. The number of esters is 4. The minimum Gasteiger partial charge on any atom is -0.467 e. The molecule has 0 saturated carbocycles. The molecular weight excluding hydrogens is 710 g/mol. The van der Waals surface area contributed by atoms with Crippen molar-refractivity contribution in [3.05, 3.63) is 89.0 Å². The summed E-state index contributed by atoms with van der Waals surface area (Å²) in [6.45, 7) is 6.44. The second-order valence-electron chi connectivity index (χ2n) is 13.5. The van der Waals surface area contributed by atoms with Crippen molar-refractivity contribution in [2.24, 2.45) is 0 Å². The van der Waals surface area contributed by atoms with Crippen molar-refractivity contribution in [2.75, 3.05) is 33.4 Å². The Morgan fingerprint density at radius 2 is 1.35 bits per heavy atom. The molecule has 3 aromatic carbocycles. The highest BCUT2D eigenvalue weighted by atomic mass is 16.7. The highest BCUT2D eigenvalue weighted by Gasteiger charge is 2.56. The molecule has 13 heteroatoms. The summed E-state index contributed by atoms with van der Waals surface area (Å²) in [6, 6.07) is 22.2. The average molecular weight is 760 g/mol. The molecule has 55 heavy (non-hydrogen) atoms. The maximum atomic E-state index is 12.7. The maximum absolute atomic E-state index is 12.7. The Morgan fingerprint density at radius 1 is 0.745 bits per heavy atom. The molecule has 1 saturated heterocycles. The van der Waals surface area contributed by atoms with Crippen LogP contribution in [0, 0.1) is 0 Å². The third-order valence-electron chi connectivity index (χ3n) is 9.49. The van der Waals surface area contributed by atoms with E-state index in [1.807, 2.05) is 0 Å². The molecule has 294 valence electrons. The van der Waals surface area contributed by atoms with Crippen LogP contribution < -0.4 is 10.1 Å². The highest BCUT2D eigenvalue weighted by Crippen LogP contribution is 2.44. The molecule has 3 aromatic rings. The van der Waals surface area contributed by atoms with E-state index in [0.717, 1.165) is 72.2 Å². The normalized spacial score (nSPS) is 20.1. The number of methoxy groups -OCH3 is 1. The van der Waals surface area contributed by atoms with E-state index in [2.05, 4.69) is 53.8 Å². The van der Waals surface area contributed by atoms with Crippen LogP contribution in [-0.4, -0.2) is 94.3 Å². The number of aryl methyl sites for hydroxylation is 1. The molecule has 0 amide bonds. The summed E-state index contributed by atoms with van der Waals surface area (Å²) in [4.78, 5) is 61.0. The fourth-order valence-corrected chi connectivity index (χ4v) is 7.05. The second-order valence-corrected chi connectivity index (χ2v) is 13.5. The van der Waals surface area contributed by atoms with Crippen LogP contribution in [0.15, 0.2) is 66.7 Å². The first-order valence-electron chi connectivity index (χ1n) is 18.6. The standard InChI is InChI=1S/C42H49NO12/c1-26(45)51-37-38(52-27(2)46)40(53-28(3)47)42(55-39(37)41(48)49-4)54-36-19-18-29(23-30(36)24-44)13-9-10-20-43-21-11-12-22-50-25-35-33-16-7-5-14-31(33)32-15-6-8-17-34(32)35/h5-8,14-19,23-24,35,37-40,42-43H,9-13,20-22,25H2,1-4H3/t37-,38-,39-,40+,42+/m0/s1. The zero-order chi connectivity index (χ0) is 39.3. The SMILES string of the molecule is COC(=O)[C@H]1O[C@@H](Oc2ccc(CCCCNCCCCOCC3c4ccccc4-c4ccccc43)cc2C=O)[C@H](OC(C)=O)[C@@H](OC(C)=O)[C@@H]1OC(C)=O. The van der Waals surface area contributed by atoms with E-state index in [-0.39, 0.29) is 17.2 Å². The molecule has 0 spiro atoms. The van der Waals surface area contributed by atoms with Gasteiger partial charge in [0.05, 0.1) is 19.3 Å². The molecule has 1 N–H and O–H groups in total. The van der Waals surface area contributed by atoms with Gasteiger partial charge in [-0.15, -0.1) is 0 Å². The van der Waals surface area contributed by atoms with Gasteiger partial charge in [-0.05, 0) is 85.1 Å². The molecule has 2 aliphatic rings. The highest BCUT2D eigenvalue weighted by molar-refractivity contribution is 5.80. The first-order chi connectivity index (χ1) is 26.6. The average Bonchev–Trinajstić information content (AvgIpc) is 3.48. The van der Waals surface area contributed by atoms with Crippen molar-refractivity contribution in [1.82, 2.24) is 5.32 Å². The monoisotopic (exact) mass is 759 g/mol. The second kappa shape index (κ2) is 20.0. The Kier molecular flexibility index (Phi) is 14.9. The minimum atomic E-state index is -1.62. The lowest BCUT2D eigenvalue weighted by Crippen LogP contribution is -2.64. The smallest absolute Gasteiger partial charge is 0.339 e. The van der Waals surface area contributed by atoms with Crippen LogP contribution in [0.5, 0.6) is 5.75 Å². The number of carbonyl (C=O) groups excluding carboxylic acids is 5. The lowest BCUT2D eigenvalue weighted by molar-refractivity contribution is -0.282. The number of nitrogens with one attached hydrogen (secondary N) is 1. The van der Waals surface area contributed by atoms with Gasteiger partial charge >= 0.3 is 23.9 Å². The van der Waals surface area contributed by atoms with Crippen LogP contribution in [0.2, 0.25) is 0 Å². The largest absolute Gasteiger partial charge is 0.467 e. The quantitative estimate of drug-likeness (QED) is 0.0745. The predicted octanol–water partition coefficient (Wildman–Crippen LogP) is 5.09. The van der Waals surface area contributed by atoms with Crippen LogP contribution in [0.25, 0.3) is 11.1 Å². The van der Waals surface area contributed by atoms with Crippen molar-refractivity contribution >= 4 is 30.2 Å². The summed E-state index contributed by atoms with van der Waals surface area (Å²) in [7, 11) is 1.10. The van der Waals surface area contributed by atoms with E-state index in [0.29, 0.717) is 25.9 Å². The van der Waals surface area contributed by atoms with Gasteiger partial charge in [0.1, 0.15) is 5.75 Å². The van der Waals surface area contributed by atoms with Gasteiger partial charge in [-0.1, -0.05) is 54.6 Å². The summed E-state index contributed by atoms with van der Waals surface area (Å²) >= 11 is 0. The predicted molar refractivity (Wildman–Crippen MR) is 199 cm³/mol. The van der Waals surface area contributed by atoms with Crippen molar-refractivity contribution in [1.29, 1.82) is 0 Å². The van der Waals surface area contributed by atoms with Gasteiger partial charge in [0.2, 0.25) is 12.4 Å². The number of hydrogen-bond donors (Lipinski definition) is 1. The van der Waals surface area contributed by atoms with Gasteiger partial charge in [-0.25, -0.2) is 4.79 Å². The summed E-state index contributed by atoms with van der Waals surface area (Å²) in [5.41, 5.74) is 6.37. The molecule has 5 rings (SSSR count). The third-order valence-corrected chi connectivity index (χ3v) is 9.49. The zero-order valence-electron chi connectivity index (χ0n) is 31.7. The van der Waals surface area contributed by atoms with E-state index in [1.54, 1.807) is 18.2 Å². The Balaban J connectivity index is 1.07. The Bertz CT molecular complexity index is 1760. The van der Waals surface area contributed by atoms with E-state index in [1.165, 1.54) is 22.3 Å². The number of fused-ring (bicyclic) bond motifs is 3. The number of benzene rings is 3. The van der Waals surface area contributed by atoms with Gasteiger partial charge in [-0.2, -0.15) is 0 Å². The molecule has 5 atom stereocenters. The third kappa shape index (κ3) is 10.8. The lowest BCUT2D eigenvalue weighted by atomic mass is 9.97. The Morgan fingerprint density at radius 3 is 1.96 bits per heavy atom. The molecule has 1 heterocycles. The van der Waals surface area contributed by atoms with Gasteiger partial charge in [-0.3, -0.25) is 19.2 Å². The topological polar surface area (TPSA) is 162 Å². The van der Waals surface area contributed by atoms with E-state index in [9.17, 15) is 24.0 Å². The molecule has 1 fully saturated rings. The number of hydrogen-bond acceptors (Lipinski definition) is 13. The maximum Gasteiger partial charge on any atom is 0.339 e. The van der Waals surface area contributed by atoms with Crippen LogP contribution in [0.1, 0.15) is 79.4 Å². The summed E-state index contributed by atoms with van der Waals surface area (Å²) in [6.07, 6.45) is -2.58. The molecule has 13 nitrogen and oxygen atoms in total. The first-order valence-corrected chi connectivity index (χ1v) is 18.6. The number of aldehydes is 1. The molecule has 0 aromatic heterocycles. The van der Waals surface area contributed by atoms with Crippen LogP contribution in [-0.2, 0) is 54.0 Å². The number of unbranched alkanes of at least 4 members (excludes halogenated alkanes) is 2. The summed E-state index contributed by atoms with van der Waals surface area (Å²) < 4.78 is 38.9. The van der Waals surface area contributed by atoms with Crippen LogP contribution in [0.4, 0.5) is 0 Å². The van der Waals surface area contributed by atoms with Gasteiger partial charge in [0.15, 0.2) is 24.6 Å². The molecule has 0 radical (unpaired) electrons. The fraction of sp³-hybridized carbons (Fsp3) is 0.452. The first kappa shape index (κ1) is 41.1. The lowest BCUT2D eigenvalue weighted by Gasteiger charge is -2.43. The van der Waals surface area contributed by atoms with Crippen molar-refractivity contribution < 1.29 is 57.1 Å². The number of rotatable bonds is 19. The van der Waals surface area contributed by atoms with E-state index >= 15 is 0 Å².